The lowest BCUT2D eigenvalue weighted by molar-refractivity contribution is -0.136. The van der Waals surface area contributed by atoms with Gasteiger partial charge in [-0.1, -0.05) is 30.3 Å². The number of hydrogen-bond donors (Lipinski definition) is 2. The molecule has 4 nitrogen and oxygen atoms in total. The fourth-order valence-corrected chi connectivity index (χ4v) is 2.41. The normalized spacial score (nSPS) is 12.0. The van der Waals surface area contributed by atoms with Gasteiger partial charge in [0.05, 0.1) is 0 Å². The maximum absolute atomic E-state index is 11.3. The van der Waals surface area contributed by atoms with E-state index in [-0.39, 0.29) is 0 Å². The summed E-state index contributed by atoms with van der Waals surface area (Å²) in [5, 5.41) is 8.63. The molecule has 1 aromatic carbocycles. The number of hydrogen-bond acceptors (Lipinski definition) is 4. The van der Waals surface area contributed by atoms with Gasteiger partial charge in [-0.05, 0) is 17.7 Å². The van der Waals surface area contributed by atoms with E-state index in [0.29, 0.717) is 5.82 Å². The maximum atomic E-state index is 11.3. The molecule has 0 spiro atoms. The van der Waals surface area contributed by atoms with Crippen molar-refractivity contribution in [2.45, 2.75) is 10.1 Å². The van der Waals surface area contributed by atoms with Gasteiger partial charge < -0.3 is 10.8 Å². The molecule has 1 unspecified atom stereocenters. The number of pyridine rings is 1. The van der Waals surface area contributed by atoms with Crippen molar-refractivity contribution in [3.63, 3.8) is 0 Å². The Balaban J connectivity index is 2.22. The van der Waals surface area contributed by atoms with Crippen LogP contribution >= 0.6 is 11.8 Å². The third kappa shape index (κ3) is 3.01. The quantitative estimate of drug-likeness (QED) is 0.826. The predicted molar refractivity (Wildman–Crippen MR) is 71.3 cm³/mol. The predicted octanol–water partition coefficient (Wildman–Crippen LogP) is 2.58. The lowest BCUT2D eigenvalue weighted by Gasteiger charge is -2.12. The molecule has 0 radical (unpaired) electrons. The molecular weight excluding hydrogens is 248 g/mol. The Morgan fingerprint density at radius 2 is 1.94 bits per heavy atom. The number of nitrogens with two attached hydrogens (primary N) is 1. The Kier molecular flexibility index (Phi) is 3.84. The highest BCUT2D eigenvalue weighted by atomic mass is 32.2. The van der Waals surface area contributed by atoms with Crippen LogP contribution in [0, 0.1) is 0 Å². The third-order valence-corrected chi connectivity index (χ3v) is 3.56. The minimum absolute atomic E-state index is 0.422. The van der Waals surface area contributed by atoms with Gasteiger partial charge in [-0.2, -0.15) is 0 Å². The summed E-state index contributed by atoms with van der Waals surface area (Å²) in [7, 11) is 0. The number of benzene rings is 1. The topological polar surface area (TPSA) is 76.2 Å². The molecule has 1 heterocycles. The van der Waals surface area contributed by atoms with Crippen LogP contribution in [-0.4, -0.2) is 16.1 Å². The smallest absolute Gasteiger partial charge is 0.321 e. The van der Waals surface area contributed by atoms with E-state index in [1.165, 1.54) is 11.8 Å². The van der Waals surface area contributed by atoms with Crippen molar-refractivity contribution in [1.29, 1.82) is 0 Å². The molecule has 0 aliphatic carbocycles. The number of aromatic nitrogens is 1. The maximum Gasteiger partial charge on any atom is 0.321 e. The van der Waals surface area contributed by atoms with E-state index in [0.717, 1.165) is 10.5 Å². The van der Waals surface area contributed by atoms with Crippen molar-refractivity contribution in [2.75, 3.05) is 5.73 Å². The van der Waals surface area contributed by atoms with Crippen molar-refractivity contribution in [3.8, 4) is 0 Å². The van der Waals surface area contributed by atoms with Gasteiger partial charge in [-0.25, -0.2) is 4.98 Å². The first-order valence-corrected chi connectivity index (χ1v) is 6.21. The molecule has 3 N–H and O–H groups in total. The van der Waals surface area contributed by atoms with Gasteiger partial charge in [0, 0.05) is 11.1 Å². The summed E-state index contributed by atoms with van der Waals surface area (Å²) in [6.45, 7) is 0. The summed E-state index contributed by atoms with van der Waals surface area (Å²) in [5.74, 6) is -0.450. The zero-order chi connectivity index (χ0) is 13.0. The molecule has 1 atom stereocenters. The first-order valence-electron chi connectivity index (χ1n) is 5.33. The van der Waals surface area contributed by atoms with Gasteiger partial charge >= 0.3 is 5.97 Å². The number of thioether (sulfide) groups is 1. The average Bonchev–Trinajstić information content (AvgIpc) is 2.38. The molecular formula is C13H12N2O2S. The fourth-order valence-electron chi connectivity index (χ4n) is 1.49. The monoisotopic (exact) mass is 260 g/mol. The molecule has 0 fully saturated rings. The lowest BCUT2D eigenvalue weighted by atomic mass is 10.1. The summed E-state index contributed by atoms with van der Waals surface area (Å²) < 4.78 is 0. The molecule has 0 bridgehead atoms. The van der Waals surface area contributed by atoms with E-state index in [2.05, 4.69) is 4.98 Å². The molecule has 0 amide bonds. The molecule has 0 aliphatic heterocycles. The van der Waals surface area contributed by atoms with E-state index >= 15 is 0 Å². The Morgan fingerprint density at radius 1 is 1.22 bits per heavy atom. The zero-order valence-electron chi connectivity index (χ0n) is 9.48. The van der Waals surface area contributed by atoms with Crippen LogP contribution in [-0.2, 0) is 4.79 Å². The van der Waals surface area contributed by atoms with Gasteiger partial charge in [0.1, 0.15) is 11.1 Å². The molecule has 0 saturated carbocycles. The molecule has 18 heavy (non-hydrogen) atoms. The summed E-state index contributed by atoms with van der Waals surface area (Å²) in [4.78, 5) is 16.0. The second-order valence-electron chi connectivity index (χ2n) is 3.67. The van der Waals surface area contributed by atoms with E-state index in [1.54, 1.807) is 30.5 Å². The first kappa shape index (κ1) is 12.4. The van der Waals surface area contributed by atoms with Crippen molar-refractivity contribution in [3.05, 3.63) is 54.2 Å². The Bertz CT molecular complexity index is 528. The zero-order valence-corrected chi connectivity index (χ0v) is 10.3. The second-order valence-corrected chi connectivity index (χ2v) is 4.84. The molecule has 2 rings (SSSR count). The standard InChI is InChI=1S/C13H12N2O2S/c14-11-7-6-10(8-15-11)18-12(13(16)17)9-4-2-1-3-5-9/h1-8,12H,(H2,14,15)(H,16,17). The van der Waals surface area contributed by atoms with E-state index in [1.807, 2.05) is 18.2 Å². The molecule has 5 heteroatoms. The summed E-state index contributed by atoms with van der Waals surface area (Å²) in [6.07, 6.45) is 1.58. The van der Waals surface area contributed by atoms with Crippen LogP contribution in [0.5, 0.6) is 0 Å². The lowest BCUT2D eigenvalue weighted by Crippen LogP contribution is -2.07. The number of nitrogens with zero attached hydrogens (tertiary/aromatic N) is 1. The fraction of sp³-hybridized carbons (Fsp3) is 0.0769. The number of anilines is 1. The van der Waals surface area contributed by atoms with Crippen LogP contribution in [0.2, 0.25) is 0 Å². The number of carboxylic acid groups (broad SMARTS) is 1. The molecule has 92 valence electrons. The minimum atomic E-state index is -0.872. The molecule has 1 aromatic heterocycles. The van der Waals surface area contributed by atoms with Crippen molar-refractivity contribution in [1.82, 2.24) is 4.98 Å². The largest absolute Gasteiger partial charge is 0.480 e. The van der Waals surface area contributed by atoms with Crippen LogP contribution < -0.4 is 5.73 Å². The van der Waals surface area contributed by atoms with Crippen molar-refractivity contribution in [2.24, 2.45) is 0 Å². The Morgan fingerprint density at radius 3 is 2.50 bits per heavy atom. The number of aliphatic carboxylic acids is 1. The van der Waals surface area contributed by atoms with Gasteiger partial charge in [0.25, 0.3) is 0 Å². The van der Waals surface area contributed by atoms with Gasteiger partial charge in [0.15, 0.2) is 0 Å². The Hall–Kier alpha value is -2.01. The summed E-state index contributed by atoms with van der Waals surface area (Å²) >= 11 is 1.24. The molecule has 0 aliphatic rings. The second kappa shape index (κ2) is 5.55. The molecule has 2 aromatic rings. The highest BCUT2D eigenvalue weighted by molar-refractivity contribution is 8.00. The van der Waals surface area contributed by atoms with Crippen LogP contribution in [0.4, 0.5) is 5.82 Å². The van der Waals surface area contributed by atoms with E-state index in [4.69, 9.17) is 5.73 Å². The number of carbonyl (C=O) groups is 1. The Labute approximate surface area is 109 Å². The summed E-state index contributed by atoms with van der Waals surface area (Å²) in [6, 6.07) is 12.5. The highest BCUT2D eigenvalue weighted by Gasteiger charge is 2.20. The number of carboxylic acids is 1. The minimum Gasteiger partial charge on any atom is -0.480 e. The van der Waals surface area contributed by atoms with E-state index in [9.17, 15) is 9.90 Å². The third-order valence-electron chi connectivity index (χ3n) is 2.34. The molecule has 0 saturated heterocycles. The van der Waals surface area contributed by atoms with E-state index < -0.39 is 11.2 Å². The van der Waals surface area contributed by atoms with Crippen molar-refractivity contribution >= 4 is 23.5 Å². The highest BCUT2D eigenvalue weighted by Crippen LogP contribution is 2.35. The summed E-state index contributed by atoms with van der Waals surface area (Å²) in [5.41, 5.74) is 6.25. The average molecular weight is 260 g/mol. The van der Waals surface area contributed by atoms with Gasteiger partial charge in [0.2, 0.25) is 0 Å². The van der Waals surface area contributed by atoms with Crippen LogP contribution in [0.25, 0.3) is 0 Å². The number of rotatable bonds is 4. The van der Waals surface area contributed by atoms with Gasteiger partial charge in [-0.15, -0.1) is 11.8 Å². The van der Waals surface area contributed by atoms with Crippen LogP contribution in [0.1, 0.15) is 10.8 Å². The van der Waals surface area contributed by atoms with Gasteiger partial charge in [-0.3, -0.25) is 4.79 Å². The number of nitrogen functional groups attached to an aromatic ring is 1. The van der Waals surface area contributed by atoms with Crippen LogP contribution in [0.3, 0.4) is 0 Å². The SMILES string of the molecule is Nc1ccc(SC(C(=O)O)c2ccccc2)cn1. The first-order chi connectivity index (χ1) is 8.66. The van der Waals surface area contributed by atoms with Crippen molar-refractivity contribution < 1.29 is 9.90 Å². The van der Waals surface area contributed by atoms with Crippen LogP contribution in [0.15, 0.2) is 53.6 Å².